The Morgan fingerprint density at radius 2 is 1.48 bits per heavy atom. The zero-order valence-corrected chi connectivity index (χ0v) is 15.9. The van der Waals surface area contributed by atoms with Crippen LogP contribution in [-0.4, -0.2) is 53.9 Å². The van der Waals surface area contributed by atoms with Crippen LogP contribution in [0, 0.1) is 11.6 Å². The average Bonchev–Trinajstić information content (AvgIpc) is 2.70. The molecular weight excluding hydrogens is 378 g/mol. The van der Waals surface area contributed by atoms with Crippen LogP contribution in [0.3, 0.4) is 0 Å². The zero-order valence-electron chi connectivity index (χ0n) is 15.9. The first kappa shape index (κ1) is 19.4. The van der Waals surface area contributed by atoms with Crippen LogP contribution in [0.4, 0.5) is 8.78 Å². The molecule has 0 atom stereocenters. The van der Waals surface area contributed by atoms with E-state index in [4.69, 9.17) is 4.74 Å². The molecule has 7 heteroatoms. The summed E-state index contributed by atoms with van der Waals surface area (Å²) in [5.74, 6) is -1.65. The summed E-state index contributed by atoms with van der Waals surface area (Å²) in [7, 11) is 0. The molecule has 4 rings (SSSR count). The van der Waals surface area contributed by atoms with E-state index >= 15 is 0 Å². The number of piperazine rings is 1. The Hall–Kier alpha value is -2.96. The van der Waals surface area contributed by atoms with Crippen molar-refractivity contribution in [3.8, 4) is 5.75 Å². The van der Waals surface area contributed by atoms with Gasteiger partial charge in [-0.1, -0.05) is 12.1 Å². The Labute approximate surface area is 167 Å². The predicted molar refractivity (Wildman–Crippen MR) is 103 cm³/mol. The second kappa shape index (κ2) is 8.19. The quantitative estimate of drug-likeness (QED) is 0.790. The van der Waals surface area contributed by atoms with Crippen LogP contribution in [0.25, 0.3) is 0 Å². The number of ether oxygens (including phenoxy) is 1. The van der Waals surface area contributed by atoms with Gasteiger partial charge in [-0.15, -0.1) is 0 Å². The van der Waals surface area contributed by atoms with E-state index in [9.17, 15) is 18.4 Å². The van der Waals surface area contributed by atoms with Gasteiger partial charge in [0.15, 0.2) is 0 Å². The van der Waals surface area contributed by atoms with Gasteiger partial charge in [0, 0.05) is 32.2 Å². The Balaban J connectivity index is 1.40. The smallest absolute Gasteiger partial charge is 0.257 e. The van der Waals surface area contributed by atoms with Crippen LogP contribution in [0.15, 0.2) is 42.5 Å². The molecule has 5 nitrogen and oxygen atoms in total. The highest BCUT2D eigenvalue weighted by Gasteiger charge is 2.29. The van der Waals surface area contributed by atoms with Gasteiger partial charge in [-0.3, -0.25) is 9.59 Å². The fourth-order valence-corrected chi connectivity index (χ4v) is 3.53. The third kappa shape index (κ3) is 4.09. The number of para-hydroxylation sites is 1. The van der Waals surface area contributed by atoms with Crippen LogP contribution in [0.1, 0.15) is 40.0 Å². The molecule has 0 aromatic heterocycles. The van der Waals surface area contributed by atoms with Crippen molar-refractivity contribution in [3.05, 3.63) is 65.2 Å². The molecule has 2 aromatic carbocycles. The van der Waals surface area contributed by atoms with E-state index in [1.54, 1.807) is 17.0 Å². The van der Waals surface area contributed by atoms with E-state index in [1.165, 1.54) is 4.90 Å². The summed E-state index contributed by atoms with van der Waals surface area (Å²) in [6.45, 7) is 1.25. The highest BCUT2D eigenvalue weighted by Crippen LogP contribution is 2.28. The highest BCUT2D eigenvalue weighted by atomic mass is 19.1. The molecule has 0 radical (unpaired) electrons. The molecule has 2 amide bonds. The van der Waals surface area contributed by atoms with Gasteiger partial charge >= 0.3 is 0 Å². The molecule has 2 aromatic rings. The van der Waals surface area contributed by atoms with E-state index in [1.807, 2.05) is 12.1 Å². The first-order chi connectivity index (χ1) is 14.0. The Morgan fingerprint density at radius 1 is 0.862 bits per heavy atom. The summed E-state index contributed by atoms with van der Waals surface area (Å²) < 4.78 is 32.9. The number of nitrogens with zero attached hydrogens (tertiary/aromatic N) is 2. The van der Waals surface area contributed by atoms with Crippen LogP contribution < -0.4 is 4.74 Å². The Bertz CT molecular complexity index is 922. The molecule has 1 heterocycles. The number of benzene rings is 2. The van der Waals surface area contributed by atoms with E-state index in [-0.39, 0.29) is 30.7 Å². The zero-order chi connectivity index (χ0) is 20.4. The molecule has 29 heavy (non-hydrogen) atoms. The third-order valence-corrected chi connectivity index (χ3v) is 5.48. The lowest BCUT2D eigenvalue weighted by molar-refractivity contribution is 0.0525. The largest absolute Gasteiger partial charge is 0.490 e. The number of carbonyl (C=O) groups excluding carboxylic acids is 2. The fourth-order valence-electron chi connectivity index (χ4n) is 3.53. The van der Waals surface area contributed by atoms with Crippen molar-refractivity contribution in [2.24, 2.45) is 0 Å². The summed E-state index contributed by atoms with van der Waals surface area (Å²) in [6, 6.07) is 10.1. The Kier molecular flexibility index (Phi) is 5.47. The summed E-state index contributed by atoms with van der Waals surface area (Å²) in [5, 5.41) is 0. The minimum absolute atomic E-state index is 0.139. The van der Waals surface area contributed by atoms with E-state index in [0.717, 1.165) is 31.4 Å². The number of hydrogen-bond acceptors (Lipinski definition) is 3. The predicted octanol–water partition coefficient (Wildman–Crippen LogP) is 3.49. The maximum atomic E-state index is 13.9. The fraction of sp³-hybridized carbons (Fsp3) is 0.364. The summed E-state index contributed by atoms with van der Waals surface area (Å²) in [5.41, 5.74) is 0.356. The molecular formula is C22H22F2N2O3. The molecule has 2 aliphatic rings. The van der Waals surface area contributed by atoms with E-state index in [2.05, 4.69) is 0 Å². The molecule has 0 N–H and O–H groups in total. The molecule has 0 spiro atoms. The molecule has 1 saturated heterocycles. The number of hydrogen-bond donors (Lipinski definition) is 0. The van der Waals surface area contributed by atoms with E-state index < -0.39 is 17.5 Å². The first-order valence-corrected chi connectivity index (χ1v) is 9.82. The monoisotopic (exact) mass is 400 g/mol. The maximum Gasteiger partial charge on any atom is 0.257 e. The molecule has 1 aliphatic heterocycles. The van der Waals surface area contributed by atoms with Gasteiger partial charge in [-0.05, 0) is 43.5 Å². The van der Waals surface area contributed by atoms with Crippen LogP contribution in [0.5, 0.6) is 5.75 Å². The van der Waals surface area contributed by atoms with Gasteiger partial charge in [0.25, 0.3) is 11.8 Å². The van der Waals surface area contributed by atoms with Gasteiger partial charge in [0.2, 0.25) is 0 Å². The minimum Gasteiger partial charge on any atom is -0.490 e. The molecule has 0 bridgehead atoms. The normalized spacial score (nSPS) is 17.0. The average molecular weight is 400 g/mol. The summed E-state index contributed by atoms with van der Waals surface area (Å²) >= 11 is 0. The van der Waals surface area contributed by atoms with Gasteiger partial charge < -0.3 is 14.5 Å². The lowest BCUT2D eigenvalue weighted by atomic mass is 9.96. The van der Waals surface area contributed by atoms with Crippen molar-refractivity contribution in [3.63, 3.8) is 0 Å². The molecule has 2 fully saturated rings. The van der Waals surface area contributed by atoms with E-state index in [0.29, 0.717) is 30.5 Å². The van der Waals surface area contributed by atoms with Crippen molar-refractivity contribution in [1.29, 1.82) is 0 Å². The lowest BCUT2D eigenvalue weighted by Gasteiger charge is -2.35. The topological polar surface area (TPSA) is 49.9 Å². The second-order valence-electron chi connectivity index (χ2n) is 7.38. The Morgan fingerprint density at radius 3 is 2.07 bits per heavy atom. The minimum atomic E-state index is -0.879. The molecule has 152 valence electrons. The van der Waals surface area contributed by atoms with Crippen molar-refractivity contribution >= 4 is 11.8 Å². The van der Waals surface area contributed by atoms with Crippen molar-refractivity contribution in [1.82, 2.24) is 9.80 Å². The number of halogens is 2. The molecule has 1 aliphatic carbocycles. The highest BCUT2D eigenvalue weighted by molar-refractivity contribution is 5.97. The second-order valence-corrected chi connectivity index (χ2v) is 7.38. The summed E-state index contributed by atoms with van der Waals surface area (Å²) in [4.78, 5) is 28.7. The van der Waals surface area contributed by atoms with Crippen molar-refractivity contribution in [2.75, 3.05) is 26.2 Å². The van der Waals surface area contributed by atoms with Gasteiger partial charge in [0.1, 0.15) is 17.4 Å². The van der Waals surface area contributed by atoms with Crippen LogP contribution >= 0.6 is 0 Å². The van der Waals surface area contributed by atoms with Gasteiger partial charge in [-0.25, -0.2) is 8.78 Å². The van der Waals surface area contributed by atoms with Crippen LogP contribution in [-0.2, 0) is 0 Å². The number of rotatable bonds is 4. The molecule has 0 unspecified atom stereocenters. The lowest BCUT2D eigenvalue weighted by Crippen LogP contribution is -2.50. The van der Waals surface area contributed by atoms with Gasteiger partial charge in [0.05, 0.1) is 17.2 Å². The molecule has 1 saturated carbocycles. The number of amides is 2. The maximum absolute atomic E-state index is 13.9. The third-order valence-electron chi connectivity index (χ3n) is 5.48. The van der Waals surface area contributed by atoms with Gasteiger partial charge in [-0.2, -0.15) is 0 Å². The van der Waals surface area contributed by atoms with Crippen molar-refractivity contribution < 1.29 is 23.1 Å². The standard InChI is InChI=1S/C22H22F2N2O3/c23-15-8-9-17(19(24)14-15)21(27)25-10-12-26(13-11-25)22(28)18-6-1-2-7-20(18)29-16-4-3-5-16/h1-2,6-9,14,16H,3-5,10-13H2. The SMILES string of the molecule is O=C(c1ccc(F)cc1F)N1CCN(C(=O)c2ccccc2OC2CCC2)CC1. The van der Waals surface area contributed by atoms with Crippen molar-refractivity contribution in [2.45, 2.75) is 25.4 Å². The van der Waals surface area contributed by atoms with Crippen LogP contribution in [0.2, 0.25) is 0 Å². The summed E-state index contributed by atoms with van der Waals surface area (Å²) in [6.07, 6.45) is 3.32. The first-order valence-electron chi connectivity index (χ1n) is 9.82. The number of carbonyl (C=O) groups is 2.